The van der Waals surface area contributed by atoms with Crippen LogP contribution in [-0.2, 0) is 5.41 Å². The molecule has 2 aliphatic carbocycles. The van der Waals surface area contributed by atoms with Crippen molar-refractivity contribution < 1.29 is 0 Å². The van der Waals surface area contributed by atoms with E-state index < -0.39 is 5.41 Å². The first-order valence-electron chi connectivity index (χ1n) is 17.8. The first-order chi connectivity index (χ1) is 25.3. The van der Waals surface area contributed by atoms with Gasteiger partial charge in [-0.15, -0.1) is 11.3 Å². The smallest absolute Gasteiger partial charge is 0.0713 e. The number of hydrogen-bond acceptors (Lipinski definition) is 2. The first-order valence-corrected chi connectivity index (χ1v) is 19.4. The van der Waals surface area contributed by atoms with E-state index >= 15 is 0 Å². The van der Waals surface area contributed by atoms with Crippen LogP contribution in [0.3, 0.4) is 0 Å². The Morgan fingerprint density at radius 2 is 1.12 bits per heavy atom. The Morgan fingerprint density at radius 1 is 0.510 bits per heavy atom. The van der Waals surface area contributed by atoms with Crippen LogP contribution in [0.2, 0.25) is 0 Å². The van der Waals surface area contributed by atoms with Crippen molar-refractivity contribution in [3.8, 4) is 22.3 Å². The zero-order valence-corrected chi connectivity index (χ0v) is 29.5. The molecule has 0 bridgehead atoms. The third-order valence-electron chi connectivity index (χ3n) is 11.4. The maximum atomic E-state index is 2.40. The van der Waals surface area contributed by atoms with Crippen LogP contribution in [0.1, 0.15) is 45.7 Å². The normalized spacial score (nSPS) is 16.7. The number of thioether (sulfide) groups is 1. The molecule has 0 nitrogen and oxygen atoms in total. The molecule has 2 heteroatoms. The summed E-state index contributed by atoms with van der Waals surface area (Å²) < 4.78 is 2.69. The predicted octanol–water partition coefficient (Wildman–Crippen LogP) is 13.6. The molecule has 0 saturated carbocycles. The molecule has 0 saturated heterocycles. The van der Waals surface area contributed by atoms with Gasteiger partial charge in [-0.05, 0) is 79.8 Å². The number of fused-ring (bicyclic) bond motifs is 9. The molecule has 0 amide bonds. The lowest BCUT2D eigenvalue weighted by molar-refractivity contribution is 0.768. The maximum absolute atomic E-state index is 2.40. The molecule has 0 N–H and O–H groups in total. The quantitative estimate of drug-likeness (QED) is 0.178. The van der Waals surface area contributed by atoms with Crippen molar-refractivity contribution in [2.75, 3.05) is 0 Å². The first kappa shape index (κ1) is 29.3. The minimum atomic E-state index is -0.436. The van der Waals surface area contributed by atoms with E-state index in [-0.39, 0.29) is 0 Å². The standard InChI is InChI=1S/C49H32S2/c1-5-19-43-37(11-1)38-12-2-6-20-44(38)49(43,33-27-23-31(24-28-33)35-15-9-17-41-39-13-3-7-21-45(39)50-47(35)41)34-29-25-32(26-30-34)36-16-10-18-42-40-14-4-8-22-46(40)51-48(36)42/h1-17,19-30,42H,18H2. The van der Waals surface area contributed by atoms with Crippen LogP contribution in [0, 0.1) is 0 Å². The van der Waals surface area contributed by atoms with Crippen molar-refractivity contribution in [2.45, 2.75) is 22.6 Å². The van der Waals surface area contributed by atoms with Gasteiger partial charge in [0.15, 0.2) is 0 Å². The lowest BCUT2D eigenvalue weighted by Crippen LogP contribution is -2.28. The van der Waals surface area contributed by atoms with Crippen molar-refractivity contribution in [1.82, 2.24) is 0 Å². The molecule has 2 heterocycles. The van der Waals surface area contributed by atoms with Crippen LogP contribution in [0.15, 0.2) is 186 Å². The van der Waals surface area contributed by atoms with Crippen LogP contribution in [0.25, 0.3) is 48.0 Å². The molecule has 8 aromatic rings. The summed E-state index contributed by atoms with van der Waals surface area (Å²) in [6, 6.07) is 61.6. The third kappa shape index (κ3) is 4.21. The van der Waals surface area contributed by atoms with E-state index in [0.717, 1.165) is 6.42 Å². The second kappa shape index (κ2) is 11.3. The predicted molar refractivity (Wildman–Crippen MR) is 218 cm³/mol. The summed E-state index contributed by atoms with van der Waals surface area (Å²) >= 11 is 3.86. The Kier molecular flexibility index (Phi) is 6.50. The second-order valence-electron chi connectivity index (χ2n) is 13.9. The Morgan fingerprint density at radius 3 is 1.88 bits per heavy atom. The summed E-state index contributed by atoms with van der Waals surface area (Å²) in [5, 5.41) is 2.67. The van der Waals surface area contributed by atoms with Crippen LogP contribution in [-0.4, -0.2) is 0 Å². The van der Waals surface area contributed by atoms with Gasteiger partial charge in [-0.25, -0.2) is 0 Å². The summed E-state index contributed by atoms with van der Waals surface area (Å²) in [4.78, 5) is 2.89. The summed E-state index contributed by atoms with van der Waals surface area (Å²) in [6.45, 7) is 0. The van der Waals surface area contributed by atoms with Crippen molar-refractivity contribution in [3.05, 3.63) is 214 Å². The molecule has 3 aliphatic rings. The molecular formula is C49H32S2. The third-order valence-corrected chi connectivity index (χ3v) is 13.9. The van der Waals surface area contributed by atoms with Gasteiger partial charge >= 0.3 is 0 Å². The molecule has 240 valence electrons. The van der Waals surface area contributed by atoms with E-state index in [4.69, 9.17) is 0 Å². The van der Waals surface area contributed by atoms with Crippen LogP contribution >= 0.6 is 23.1 Å². The van der Waals surface area contributed by atoms with E-state index in [1.54, 1.807) is 0 Å². The van der Waals surface area contributed by atoms with Crippen molar-refractivity contribution in [3.63, 3.8) is 0 Å². The van der Waals surface area contributed by atoms with Gasteiger partial charge in [-0.3, -0.25) is 0 Å². The monoisotopic (exact) mass is 684 g/mol. The van der Waals surface area contributed by atoms with E-state index in [0.29, 0.717) is 5.92 Å². The fourth-order valence-electron chi connectivity index (χ4n) is 9.11. The largest absolute Gasteiger partial charge is 0.135 e. The van der Waals surface area contributed by atoms with Crippen LogP contribution < -0.4 is 0 Å². The molecule has 1 unspecified atom stereocenters. The lowest BCUT2D eigenvalue weighted by Gasteiger charge is -2.34. The molecule has 0 radical (unpaired) electrons. The summed E-state index contributed by atoms with van der Waals surface area (Å²) in [5.41, 5.74) is 14.2. The highest BCUT2D eigenvalue weighted by Gasteiger charge is 2.46. The topological polar surface area (TPSA) is 0 Å². The number of benzene rings is 7. The Bertz CT molecular complexity index is 2690. The molecule has 0 fully saturated rings. The van der Waals surface area contributed by atoms with Gasteiger partial charge < -0.3 is 0 Å². The SMILES string of the molecule is C1=CC(c2ccc(C3(c4ccc(-c5cccc6c5sc5ccccc56)cc4)c4ccccc4-c4ccccc43)cc2)=C2Sc3ccccc3C2C1. The minimum Gasteiger partial charge on any atom is -0.135 e. The van der Waals surface area contributed by atoms with Gasteiger partial charge in [0.25, 0.3) is 0 Å². The van der Waals surface area contributed by atoms with Crippen molar-refractivity contribution in [1.29, 1.82) is 0 Å². The minimum absolute atomic E-state index is 0.436. The Labute approximate surface area is 306 Å². The van der Waals surface area contributed by atoms with Crippen LogP contribution in [0.4, 0.5) is 0 Å². The molecule has 1 aliphatic heterocycles. The zero-order valence-electron chi connectivity index (χ0n) is 27.8. The molecular weight excluding hydrogens is 653 g/mol. The Balaban J connectivity index is 1.07. The average molecular weight is 685 g/mol. The molecule has 11 rings (SSSR count). The number of hydrogen-bond donors (Lipinski definition) is 0. The summed E-state index contributed by atoms with van der Waals surface area (Å²) in [5.74, 6) is 0.461. The lowest BCUT2D eigenvalue weighted by atomic mass is 9.67. The average Bonchev–Trinajstić information content (AvgIpc) is 3.87. The van der Waals surface area contributed by atoms with E-state index in [9.17, 15) is 0 Å². The highest BCUT2D eigenvalue weighted by atomic mass is 32.2. The fourth-order valence-corrected chi connectivity index (χ4v) is 11.7. The van der Waals surface area contributed by atoms with Crippen LogP contribution in [0.5, 0.6) is 0 Å². The van der Waals surface area contributed by atoms with Gasteiger partial charge in [0.1, 0.15) is 0 Å². The summed E-state index contributed by atoms with van der Waals surface area (Å²) in [6.07, 6.45) is 5.79. The highest BCUT2D eigenvalue weighted by Crippen LogP contribution is 2.57. The van der Waals surface area contributed by atoms with E-state index in [2.05, 4.69) is 176 Å². The van der Waals surface area contributed by atoms with Crippen molar-refractivity contribution >= 4 is 48.8 Å². The zero-order chi connectivity index (χ0) is 33.5. The molecule has 7 aromatic carbocycles. The molecule has 1 atom stereocenters. The van der Waals surface area contributed by atoms with Gasteiger partial charge in [-0.2, -0.15) is 0 Å². The molecule has 0 spiro atoms. The fraction of sp³-hybridized carbons (Fsp3) is 0.0612. The number of thiophene rings is 1. The molecule has 1 aromatic heterocycles. The number of allylic oxidation sites excluding steroid dienone is 4. The number of rotatable bonds is 4. The van der Waals surface area contributed by atoms with Gasteiger partial charge in [0, 0.05) is 35.9 Å². The van der Waals surface area contributed by atoms with Gasteiger partial charge in [0.2, 0.25) is 0 Å². The summed E-state index contributed by atoms with van der Waals surface area (Å²) in [7, 11) is 0. The van der Waals surface area contributed by atoms with Crippen molar-refractivity contribution in [2.24, 2.45) is 0 Å². The van der Waals surface area contributed by atoms with Gasteiger partial charge in [-0.1, -0.05) is 176 Å². The Hall–Kier alpha value is -5.41. The molecule has 51 heavy (non-hydrogen) atoms. The van der Waals surface area contributed by atoms with E-state index in [1.165, 1.54) is 91.2 Å². The van der Waals surface area contributed by atoms with E-state index in [1.807, 2.05) is 23.1 Å². The highest BCUT2D eigenvalue weighted by molar-refractivity contribution is 8.03. The second-order valence-corrected chi connectivity index (χ2v) is 16.0. The maximum Gasteiger partial charge on any atom is 0.0713 e. The van der Waals surface area contributed by atoms with Gasteiger partial charge in [0.05, 0.1) is 5.41 Å².